The molecule has 0 unspecified atom stereocenters. The smallest absolute Gasteiger partial charge is 0.314 e. The van der Waals surface area contributed by atoms with Crippen molar-refractivity contribution >= 4 is 17.4 Å². The van der Waals surface area contributed by atoms with Crippen molar-refractivity contribution in [2.75, 3.05) is 44.5 Å². The summed E-state index contributed by atoms with van der Waals surface area (Å²) in [5, 5.41) is 3.50. The van der Waals surface area contributed by atoms with Gasteiger partial charge in [0.15, 0.2) is 0 Å². The lowest BCUT2D eigenvalue weighted by Crippen LogP contribution is -2.44. The zero-order valence-corrected chi connectivity index (χ0v) is 12.8. The minimum Gasteiger partial charge on any atom is -0.479 e. The maximum Gasteiger partial charge on any atom is 0.314 e. The van der Waals surface area contributed by atoms with E-state index in [9.17, 15) is 4.79 Å². The van der Waals surface area contributed by atoms with Gasteiger partial charge >= 0.3 is 6.03 Å². The number of methoxy groups -OCH3 is 1. The molecule has 7 heteroatoms. The third-order valence-electron chi connectivity index (χ3n) is 3.72. The largest absolute Gasteiger partial charge is 0.479 e. The third kappa shape index (κ3) is 3.48. The van der Waals surface area contributed by atoms with Crippen molar-refractivity contribution < 1.29 is 9.53 Å². The second-order valence-electron chi connectivity index (χ2n) is 5.35. The Balaban J connectivity index is 2.11. The summed E-state index contributed by atoms with van der Waals surface area (Å²) >= 11 is 0. The van der Waals surface area contributed by atoms with Crippen molar-refractivity contribution in [1.82, 2.24) is 9.88 Å². The van der Waals surface area contributed by atoms with E-state index in [2.05, 4.69) is 10.3 Å². The standard InChI is InChI=1S/C14H23N5O2/c1-18(2)11-4-7-16-13(21-3)12(11)17-10-5-8-19(9-6-10)14(15)20/h4,7,10,17H,5-6,8-9H2,1-3H3,(H2,15,20). The van der Waals surface area contributed by atoms with Crippen LogP contribution >= 0.6 is 0 Å². The van der Waals surface area contributed by atoms with Crippen molar-refractivity contribution in [3.05, 3.63) is 12.3 Å². The fraction of sp³-hybridized carbons (Fsp3) is 0.571. The highest BCUT2D eigenvalue weighted by Gasteiger charge is 2.23. The van der Waals surface area contributed by atoms with Crippen molar-refractivity contribution in [1.29, 1.82) is 0 Å². The summed E-state index contributed by atoms with van der Waals surface area (Å²) in [4.78, 5) is 19.1. The maximum absolute atomic E-state index is 11.2. The highest BCUT2D eigenvalue weighted by Crippen LogP contribution is 2.33. The average Bonchev–Trinajstić information content (AvgIpc) is 2.47. The summed E-state index contributed by atoms with van der Waals surface area (Å²) < 4.78 is 5.35. The predicted molar refractivity (Wildman–Crippen MR) is 82.9 cm³/mol. The van der Waals surface area contributed by atoms with E-state index in [1.807, 2.05) is 25.1 Å². The van der Waals surface area contributed by atoms with Gasteiger partial charge in [0.1, 0.15) is 5.69 Å². The number of likely N-dealkylation sites (tertiary alicyclic amines) is 1. The van der Waals surface area contributed by atoms with Gasteiger partial charge in [-0.1, -0.05) is 0 Å². The minimum absolute atomic E-state index is 0.275. The van der Waals surface area contributed by atoms with E-state index in [4.69, 9.17) is 10.5 Å². The molecule has 2 amide bonds. The van der Waals surface area contributed by atoms with E-state index in [0.29, 0.717) is 19.0 Å². The number of nitrogens with zero attached hydrogens (tertiary/aromatic N) is 3. The molecule has 0 aromatic carbocycles. The zero-order valence-electron chi connectivity index (χ0n) is 12.8. The quantitative estimate of drug-likeness (QED) is 0.869. The minimum atomic E-state index is -0.346. The normalized spacial score (nSPS) is 15.7. The molecule has 0 radical (unpaired) electrons. The van der Waals surface area contributed by atoms with Crippen molar-refractivity contribution in [3.8, 4) is 5.88 Å². The monoisotopic (exact) mass is 293 g/mol. The summed E-state index contributed by atoms with van der Waals surface area (Å²) in [5.41, 5.74) is 7.22. The summed E-state index contributed by atoms with van der Waals surface area (Å²) in [5.74, 6) is 0.582. The molecular weight excluding hydrogens is 270 g/mol. The summed E-state index contributed by atoms with van der Waals surface area (Å²) in [7, 11) is 5.58. The first kappa shape index (κ1) is 15.2. The van der Waals surface area contributed by atoms with Gasteiger partial charge in [0.05, 0.1) is 12.8 Å². The van der Waals surface area contributed by atoms with Gasteiger partial charge in [-0.25, -0.2) is 9.78 Å². The number of piperidine rings is 1. The fourth-order valence-electron chi connectivity index (χ4n) is 2.54. The SMILES string of the molecule is COc1nccc(N(C)C)c1NC1CCN(C(N)=O)CC1. The molecule has 1 aliphatic heterocycles. The number of hydrogen-bond acceptors (Lipinski definition) is 5. The number of primary amides is 1. The van der Waals surface area contributed by atoms with Crippen LogP contribution in [0, 0.1) is 0 Å². The number of anilines is 2. The zero-order chi connectivity index (χ0) is 15.4. The maximum atomic E-state index is 11.2. The van der Waals surface area contributed by atoms with Gasteiger partial charge in [-0.3, -0.25) is 0 Å². The fourth-order valence-corrected chi connectivity index (χ4v) is 2.54. The lowest BCUT2D eigenvalue weighted by Gasteiger charge is -2.32. The van der Waals surface area contributed by atoms with E-state index in [1.165, 1.54) is 0 Å². The number of nitrogens with two attached hydrogens (primary N) is 1. The Hall–Kier alpha value is -2.18. The molecule has 2 rings (SSSR count). The molecule has 116 valence electrons. The van der Waals surface area contributed by atoms with E-state index in [1.54, 1.807) is 18.2 Å². The van der Waals surface area contributed by atoms with Crippen LogP contribution < -0.4 is 20.7 Å². The van der Waals surface area contributed by atoms with Crippen LogP contribution in [0.3, 0.4) is 0 Å². The molecule has 1 aromatic rings. The molecule has 0 saturated carbocycles. The van der Waals surface area contributed by atoms with E-state index in [0.717, 1.165) is 24.2 Å². The molecule has 2 heterocycles. The van der Waals surface area contributed by atoms with E-state index >= 15 is 0 Å². The summed E-state index contributed by atoms with van der Waals surface area (Å²) in [6.45, 7) is 1.35. The molecule has 3 N–H and O–H groups in total. The second-order valence-corrected chi connectivity index (χ2v) is 5.35. The van der Waals surface area contributed by atoms with Crippen molar-refractivity contribution in [2.45, 2.75) is 18.9 Å². The molecule has 0 bridgehead atoms. The predicted octanol–water partition coefficient (Wildman–Crippen LogP) is 1.11. The highest BCUT2D eigenvalue weighted by molar-refractivity contribution is 5.75. The van der Waals surface area contributed by atoms with Gasteiger partial charge in [0, 0.05) is 39.4 Å². The molecule has 1 aliphatic rings. The Bertz CT molecular complexity index is 498. The molecule has 1 saturated heterocycles. The van der Waals surface area contributed by atoms with Crippen molar-refractivity contribution in [3.63, 3.8) is 0 Å². The number of urea groups is 1. The lowest BCUT2D eigenvalue weighted by atomic mass is 10.0. The van der Waals surface area contributed by atoms with Crippen LogP contribution in [0.15, 0.2) is 12.3 Å². The van der Waals surface area contributed by atoms with Crippen LogP contribution in [0.1, 0.15) is 12.8 Å². The molecular formula is C14H23N5O2. The van der Waals surface area contributed by atoms with Gasteiger partial charge in [-0.2, -0.15) is 0 Å². The van der Waals surface area contributed by atoms with Gasteiger partial charge in [-0.05, 0) is 18.9 Å². The molecule has 0 spiro atoms. The Kier molecular flexibility index (Phi) is 4.72. The van der Waals surface area contributed by atoms with Gasteiger partial charge < -0.3 is 25.6 Å². The first-order valence-electron chi connectivity index (χ1n) is 7.04. The molecule has 1 fully saturated rings. The highest BCUT2D eigenvalue weighted by atomic mass is 16.5. The van der Waals surface area contributed by atoms with Crippen LogP contribution in [0.4, 0.5) is 16.2 Å². The Morgan fingerprint density at radius 2 is 2.14 bits per heavy atom. The van der Waals surface area contributed by atoms with Crippen LogP contribution in [0.25, 0.3) is 0 Å². The number of rotatable bonds is 4. The second kappa shape index (κ2) is 6.51. The van der Waals surface area contributed by atoms with Crippen LogP contribution in [-0.2, 0) is 0 Å². The average molecular weight is 293 g/mol. The van der Waals surface area contributed by atoms with Gasteiger partial charge in [0.25, 0.3) is 0 Å². The van der Waals surface area contributed by atoms with Crippen LogP contribution in [0.2, 0.25) is 0 Å². The molecule has 0 aliphatic carbocycles. The number of carbonyl (C=O) groups is 1. The van der Waals surface area contributed by atoms with Gasteiger partial charge in [-0.15, -0.1) is 0 Å². The summed E-state index contributed by atoms with van der Waals surface area (Å²) in [6, 6.07) is 1.88. The van der Waals surface area contributed by atoms with E-state index < -0.39 is 0 Å². The molecule has 21 heavy (non-hydrogen) atoms. The Morgan fingerprint density at radius 1 is 1.48 bits per heavy atom. The van der Waals surface area contributed by atoms with E-state index in [-0.39, 0.29) is 12.1 Å². The molecule has 0 atom stereocenters. The number of pyridine rings is 1. The summed E-state index contributed by atoms with van der Waals surface area (Å²) in [6.07, 6.45) is 3.44. The third-order valence-corrected chi connectivity index (χ3v) is 3.72. The number of ether oxygens (including phenoxy) is 1. The molecule has 1 aromatic heterocycles. The number of nitrogens with one attached hydrogen (secondary N) is 1. The molecule has 7 nitrogen and oxygen atoms in total. The topological polar surface area (TPSA) is 83.7 Å². The number of carbonyl (C=O) groups excluding carboxylic acids is 1. The lowest BCUT2D eigenvalue weighted by molar-refractivity contribution is 0.193. The first-order valence-corrected chi connectivity index (χ1v) is 7.04. The van der Waals surface area contributed by atoms with Crippen LogP contribution in [-0.4, -0.2) is 56.3 Å². The number of amides is 2. The Labute approximate surface area is 125 Å². The number of hydrogen-bond donors (Lipinski definition) is 2. The number of aromatic nitrogens is 1. The van der Waals surface area contributed by atoms with Crippen LogP contribution in [0.5, 0.6) is 5.88 Å². The van der Waals surface area contributed by atoms with Crippen molar-refractivity contribution in [2.24, 2.45) is 5.73 Å². The first-order chi connectivity index (χ1) is 10.0. The van der Waals surface area contributed by atoms with Gasteiger partial charge in [0.2, 0.25) is 5.88 Å². The Morgan fingerprint density at radius 3 is 2.67 bits per heavy atom.